The van der Waals surface area contributed by atoms with Crippen molar-refractivity contribution >= 4 is 0 Å². The van der Waals surface area contributed by atoms with Gasteiger partial charge in [0.15, 0.2) is 16.8 Å². The zero-order valence-corrected chi connectivity index (χ0v) is 49.7. The number of rotatable bonds is 0. The maximum Gasteiger partial charge on any atom is 0.194 e. The highest BCUT2D eigenvalue weighted by molar-refractivity contribution is 5.64. The molecule has 0 radical (unpaired) electrons. The zero-order valence-electron chi connectivity index (χ0n) is 49.7. The molecule has 24 rings (SSSR count). The first-order valence-corrected chi connectivity index (χ1v) is 32.8. The molecule has 9 nitrogen and oxygen atoms in total. The van der Waals surface area contributed by atoms with Crippen LogP contribution in [0, 0.1) is 71.0 Å². The van der Waals surface area contributed by atoms with Gasteiger partial charge in [0, 0.05) is 0 Å². The molecule has 6 aromatic rings. The molecule has 18 aliphatic rings. The summed E-state index contributed by atoms with van der Waals surface area (Å²) >= 11 is 0. The summed E-state index contributed by atoms with van der Waals surface area (Å²) in [6.07, 6.45) is 24.4. The van der Waals surface area contributed by atoms with Crippen LogP contribution < -0.4 is 17.2 Å². The predicted molar refractivity (Wildman–Crippen MR) is 326 cm³/mol. The Morgan fingerprint density at radius 1 is 0.238 bits per heavy atom. The first kappa shape index (κ1) is 54.4. The Hall–Kier alpha value is -5.04. The number of nitrogens with two attached hydrogens (primary N) is 3. The van der Waals surface area contributed by atoms with E-state index in [2.05, 4.69) is 163 Å². The number of hydrogen-bond donors (Lipinski definition) is 3. The van der Waals surface area contributed by atoms with E-state index in [1.807, 2.05) is 0 Å². The van der Waals surface area contributed by atoms with Gasteiger partial charge in [-0.15, -0.1) is 0 Å². The maximum absolute atomic E-state index is 6.32. The molecule has 6 spiro atoms. The molecule has 0 unspecified atom stereocenters. The summed E-state index contributed by atoms with van der Waals surface area (Å²) in [6, 6.07) is 52.6. The molecule has 15 fully saturated rings. The lowest BCUT2D eigenvalue weighted by molar-refractivity contribution is -0.614. The van der Waals surface area contributed by atoms with Crippen LogP contribution in [0.25, 0.3) is 0 Å². The van der Waals surface area contributed by atoms with Crippen LogP contribution in [-0.4, -0.2) is 37.9 Å². The SMILES string of the molecule is C1C2CC3CC1CC(C2)C31OOC12C1CC3CC(C1)CC2C3.CN.CN.CN.c1ccc2c(c1)Cc1ccccc1C21OOC12C1CC3CC(C1)CC2C3.c1ccc2c(c1)Cc1ccccc1C21OOC12c1ccccc1Cc1ccccc12. The molecule has 84 heavy (non-hydrogen) atoms. The molecule has 12 saturated carbocycles. The minimum Gasteiger partial charge on any atom is -0.333 e. The Labute approximate surface area is 497 Å². The molecular formula is C75H87N3O6. The van der Waals surface area contributed by atoms with Crippen LogP contribution in [0.3, 0.4) is 0 Å². The second kappa shape index (κ2) is 20.3. The minimum absolute atomic E-state index is 0.146. The fraction of sp³-hybridized carbons (Fsp3) is 0.520. The Bertz CT molecular complexity index is 3110. The van der Waals surface area contributed by atoms with Gasteiger partial charge in [0.2, 0.25) is 0 Å². The number of hydrogen-bond acceptors (Lipinski definition) is 9. The molecule has 0 amide bonds. The van der Waals surface area contributed by atoms with E-state index in [-0.39, 0.29) is 22.4 Å². The monoisotopic (exact) mass is 1130 g/mol. The second-order valence-corrected chi connectivity index (χ2v) is 28.3. The van der Waals surface area contributed by atoms with E-state index in [0.29, 0.717) is 11.8 Å². The van der Waals surface area contributed by atoms with Gasteiger partial charge in [0.1, 0.15) is 16.8 Å². The highest BCUT2D eigenvalue weighted by atomic mass is 17.3. The molecule has 3 aliphatic heterocycles. The lowest BCUT2D eigenvalue weighted by Crippen LogP contribution is -2.84. The molecule has 12 bridgehead atoms. The van der Waals surface area contributed by atoms with E-state index in [4.69, 9.17) is 29.3 Å². The molecule has 6 N–H and O–H groups in total. The van der Waals surface area contributed by atoms with Gasteiger partial charge in [-0.05, 0) is 274 Å². The highest BCUT2D eigenvalue weighted by Gasteiger charge is 2.81. The summed E-state index contributed by atoms with van der Waals surface area (Å²) in [4.78, 5) is 37.8. The van der Waals surface area contributed by atoms with Gasteiger partial charge in [-0.1, -0.05) is 146 Å². The Morgan fingerprint density at radius 2 is 0.429 bits per heavy atom. The first-order chi connectivity index (χ1) is 41.4. The molecule has 0 atom stereocenters. The topological polar surface area (TPSA) is 133 Å². The summed E-state index contributed by atoms with van der Waals surface area (Å²) in [5, 5.41) is 0. The average molecular weight is 1130 g/mol. The van der Waals surface area contributed by atoms with Crippen LogP contribution in [0.5, 0.6) is 0 Å². The van der Waals surface area contributed by atoms with E-state index in [9.17, 15) is 0 Å². The molecule has 438 valence electrons. The molecule has 3 saturated heterocycles. The van der Waals surface area contributed by atoms with Gasteiger partial charge in [-0.25, -0.2) is 29.3 Å². The Morgan fingerprint density at radius 3 is 0.631 bits per heavy atom. The average Bonchev–Trinajstić information content (AvgIpc) is 0.681. The van der Waals surface area contributed by atoms with Crippen molar-refractivity contribution in [2.45, 2.75) is 149 Å². The van der Waals surface area contributed by atoms with E-state index < -0.39 is 11.2 Å². The summed E-state index contributed by atoms with van der Waals surface area (Å²) in [6.45, 7) is 0. The minimum atomic E-state index is -0.703. The van der Waals surface area contributed by atoms with Gasteiger partial charge < -0.3 is 17.2 Å². The highest BCUT2D eigenvalue weighted by Crippen LogP contribution is 2.76. The van der Waals surface area contributed by atoms with Crippen LogP contribution in [-0.2, 0) is 65.4 Å². The standard InChI is InChI=1S/C28H20O2.C24H24O2.C20H28O2.3CH5N/c1-5-13-23-19(9-1)17-20-10-2-6-14-24(20)27(23)28(30-29-27)25-15-7-3-11-21(25)18-22-12-4-8-16-26(22)28;1-3-7-21-17(5-1)14-18-6-2-4-8-22(18)24(21)23(25-26-24)19-10-15-9-16(12-19)13-20(23)11-15;1-11-3-15-5-12(1)6-16(4-11)19(15)20(22-21-19)17-7-13-2-14(9-17)10-18(20)8-13;3*1-2/h1-16H,17-18H2;1-8,15-16,19-20H,9-14H2;11-18H,1-10H2;3*2H2,1H3. The van der Waals surface area contributed by atoms with Crippen molar-refractivity contribution in [1.29, 1.82) is 0 Å². The van der Waals surface area contributed by atoms with Crippen LogP contribution in [0.4, 0.5) is 0 Å². The van der Waals surface area contributed by atoms with Gasteiger partial charge in [-0.3, -0.25) is 0 Å². The van der Waals surface area contributed by atoms with Crippen molar-refractivity contribution in [3.05, 3.63) is 212 Å². The maximum atomic E-state index is 6.32. The molecule has 6 aromatic carbocycles. The van der Waals surface area contributed by atoms with Crippen LogP contribution in [0.1, 0.15) is 163 Å². The third-order valence-corrected chi connectivity index (χ3v) is 25.1. The van der Waals surface area contributed by atoms with Crippen molar-refractivity contribution in [2.75, 3.05) is 21.1 Å². The van der Waals surface area contributed by atoms with E-state index in [1.165, 1.54) is 184 Å². The van der Waals surface area contributed by atoms with Crippen molar-refractivity contribution in [3.63, 3.8) is 0 Å². The van der Waals surface area contributed by atoms with Gasteiger partial charge in [0.25, 0.3) is 0 Å². The van der Waals surface area contributed by atoms with Crippen molar-refractivity contribution in [1.82, 2.24) is 0 Å². The lowest BCUT2D eigenvalue weighted by Gasteiger charge is -2.76. The summed E-state index contributed by atoms with van der Waals surface area (Å²) in [7, 11) is 4.50. The van der Waals surface area contributed by atoms with Gasteiger partial charge in [0.05, 0.1) is 0 Å². The third kappa shape index (κ3) is 6.94. The second-order valence-electron chi connectivity index (χ2n) is 28.3. The van der Waals surface area contributed by atoms with Crippen molar-refractivity contribution in [3.8, 4) is 0 Å². The third-order valence-electron chi connectivity index (χ3n) is 25.1. The van der Waals surface area contributed by atoms with Crippen molar-refractivity contribution in [2.24, 2.45) is 88.2 Å². The normalized spacial score (nSPS) is 37.6. The predicted octanol–water partition coefficient (Wildman–Crippen LogP) is 13.7. The molecule has 15 aliphatic carbocycles. The first-order valence-electron chi connectivity index (χ1n) is 32.8. The smallest absolute Gasteiger partial charge is 0.194 e. The summed E-state index contributed by atoms with van der Waals surface area (Å²) in [5.41, 5.74) is 27.5. The van der Waals surface area contributed by atoms with Crippen molar-refractivity contribution < 1.29 is 29.3 Å². The van der Waals surface area contributed by atoms with E-state index >= 15 is 0 Å². The molecule has 0 aromatic heterocycles. The Kier molecular flexibility index (Phi) is 13.1. The van der Waals surface area contributed by atoms with Crippen LogP contribution in [0.15, 0.2) is 146 Å². The number of fused-ring (bicyclic) bond motifs is 13. The fourth-order valence-corrected chi connectivity index (χ4v) is 23.2. The molecule has 3 heterocycles. The number of benzene rings is 6. The fourth-order valence-electron chi connectivity index (χ4n) is 23.2. The summed E-state index contributed by atoms with van der Waals surface area (Å²) < 4.78 is 0. The van der Waals surface area contributed by atoms with Gasteiger partial charge >= 0.3 is 0 Å². The molecule has 9 heteroatoms. The lowest BCUT2D eigenvalue weighted by atomic mass is 9.37. The van der Waals surface area contributed by atoms with Crippen LogP contribution >= 0.6 is 0 Å². The van der Waals surface area contributed by atoms with E-state index in [0.717, 1.165) is 78.4 Å². The van der Waals surface area contributed by atoms with E-state index in [1.54, 1.807) is 0 Å². The Balaban J connectivity index is 0.0000000994. The molecular weight excluding hydrogens is 1040 g/mol. The quantitative estimate of drug-likeness (QED) is 0.127. The van der Waals surface area contributed by atoms with Crippen LogP contribution in [0.2, 0.25) is 0 Å². The zero-order chi connectivity index (χ0) is 56.8. The largest absolute Gasteiger partial charge is 0.333 e. The summed E-state index contributed by atoms with van der Waals surface area (Å²) in [5.74, 6) is 10.7. The van der Waals surface area contributed by atoms with Gasteiger partial charge in [-0.2, -0.15) is 0 Å².